The molecule has 2 aromatic carbocycles. The highest BCUT2D eigenvalue weighted by molar-refractivity contribution is 6.41. The zero-order chi connectivity index (χ0) is 12.8. The molecule has 0 radical (unpaired) electrons. The summed E-state index contributed by atoms with van der Waals surface area (Å²) in [5, 5.41) is 1.21. The van der Waals surface area contributed by atoms with E-state index in [0.29, 0.717) is 10.0 Å². The van der Waals surface area contributed by atoms with Crippen LogP contribution in [0.25, 0.3) is 0 Å². The summed E-state index contributed by atoms with van der Waals surface area (Å²) in [5.41, 5.74) is 4.06. The van der Waals surface area contributed by atoms with Gasteiger partial charge in [0.25, 0.3) is 0 Å². The lowest BCUT2D eigenvalue weighted by Gasteiger charge is -1.96. The van der Waals surface area contributed by atoms with Gasteiger partial charge in [-0.15, -0.1) is 0 Å². The summed E-state index contributed by atoms with van der Waals surface area (Å²) >= 11 is 11.2. The minimum atomic E-state index is 0.606. The van der Waals surface area contributed by atoms with E-state index in [9.17, 15) is 0 Å². The number of hydrogen-bond acceptors (Lipinski definition) is 0. The van der Waals surface area contributed by atoms with Crippen LogP contribution >= 0.6 is 23.2 Å². The van der Waals surface area contributed by atoms with Crippen LogP contribution in [0, 0.1) is 20.8 Å². The second-order valence-electron chi connectivity index (χ2n) is 4.08. The quantitative estimate of drug-likeness (QED) is 0.582. The molecule has 0 N–H and O–H groups in total. The molecule has 90 valence electrons. The lowest BCUT2D eigenvalue weighted by atomic mass is 10.1. The Balaban J connectivity index is 0.000000171. The van der Waals surface area contributed by atoms with E-state index < -0.39 is 0 Å². The first-order valence-electron chi connectivity index (χ1n) is 5.44. The maximum atomic E-state index is 5.58. The van der Waals surface area contributed by atoms with Gasteiger partial charge in [0, 0.05) is 0 Å². The summed E-state index contributed by atoms with van der Waals surface area (Å²) in [6.07, 6.45) is 0. The zero-order valence-electron chi connectivity index (χ0n) is 10.3. The van der Waals surface area contributed by atoms with Crippen LogP contribution < -0.4 is 0 Å². The van der Waals surface area contributed by atoms with Crippen molar-refractivity contribution in [3.05, 3.63) is 69.2 Å². The SMILES string of the molecule is Cc1cc(C)cc(C)c1.Clc1ccccc1Cl. The maximum Gasteiger partial charge on any atom is 0.0592 e. The number of aryl methyl sites for hydroxylation is 3. The van der Waals surface area contributed by atoms with Crippen molar-refractivity contribution >= 4 is 23.2 Å². The summed E-state index contributed by atoms with van der Waals surface area (Å²) in [5.74, 6) is 0. The van der Waals surface area contributed by atoms with Crippen molar-refractivity contribution in [1.82, 2.24) is 0 Å². The first-order valence-corrected chi connectivity index (χ1v) is 6.19. The van der Waals surface area contributed by atoms with Crippen molar-refractivity contribution in [2.45, 2.75) is 20.8 Å². The van der Waals surface area contributed by atoms with Crippen LogP contribution in [0.4, 0.5) is 0 Å². The Morgan fingerprint density at radius 1 is 0.647 bits per heavy atom. The van der Waals surface area contributed by atoms with Gasteiger partial charge >= 0.3 is 0 Å². The molecule has 2 rings (SSSR count). The molecule has 0 spiro atoms. The van der Waals surface area contributed by atoms with Gasteiger partial charge in [-0.1, -0.05) is 70.2 Å². The predicted octanol–water partition coefficient (Wildman–Crippen LogP) is 5.61. The fraction of sp³-hybridized carbons (Fsp3) is 0.200. The molecule has 0 atom stereocenters. The van der Waals surface area contributed by atoms with Crippen molar-refractivity contribution < 1.29 is 0 Å². The van der Waals surface area contributed by atoms with E-state index in [1.54, 1.807) is 12.1 Å². The molecule has 0 saturated carbocycles. The fourth-order valence-corrected chi connectivity index (χ4v) is 1.91. The molecule has 0 bridgehead atoms. The summed E-state index contributed by atoms with van der Waals surface area (Å²) in [4.78, 5) is 0. The van der Waals surface area contributed by atoms with E-state index in [1.807, 2.05) is 12.1 Å². The van der Waals surface area contributed by atoms with Crippen LogP contribution in [0.1, 0.15) is 16.7 Å². The molecule has 0 aliphatic carbocycles. The van der Waals surface area contributed by atoms with Crippen LogP contribution in [0.3, 0.4) is 0 Å². The summed E-state index contributed by atoms with van der Waals surface area (Å²) in [6, 6.07) is 13.8. The van der Waals surface area contributed by atoms with Crippen LogP contribution in [0.15, 0.2) is 42.5 Å². The Morgan fingerprint density at radius 3 is 1.18 bits per heavy atom. The van der Waals surface area contributed by atoms with Gasteiger partial charge in [0.15, 0.2) is 0 Å². The topological polar surface area (TPSA) is 0 Å². The van der Waals surface area contributed by atoms with Crippen molar-refractivity contribution in [3.8, 4) is 0 Å². The van der Waals surface area contributed by atoms with E-state index in [4.69, 9.17) is 23.2 Å². The number of rotatable bonds is 0. The summed E-state index contributed by atoms with van der Waals surface area (Å²) in [7, 11) is 0. The van der Waals surface area contributed by atoms with Gasteiger partial charge in [-0.25, -0.2) is 0 Å². The Bertz CT molecular complexity index is 419. The third-order valence-corrected chi connectivity index (χ3v) is 2.95. The minimum absolute atomic E-state index is 0.606. The Hall–Kier alpha value is -0.980. The molecule has 0 aliphatic heterocycles. The van der Waals surface area contributed by atoms with Crippen molar-refractivity contribution in [1.29, 1.82) is 0 Å². The summed E-state index contributed by atoms with van der Waals surface area (Å²) in [6.45, 7) is 6.38. The van der Waals surface area contributed by atoms with Gasteiger partial charge in [0.1, 0.15) is 0 Å². The van der Waals surface area contributed by atoms with Gasteiger partial charge in [-0.05, 0) is 32.9 Å². The molecule has 0 aromatic heterocycles. The lowest BCUT2D eigenvalue weighted by molar-refractivity contribution is 1.32. The van der Waals surface area contributed by atoms with Crippen molar-refractivity contribution in [2.24, 2.45) is 0 Å². The van der Waals surface area contributed by atoms with Crippen LogP contribution in [0.5, 0.6) is 0 Å². The van der Waals surface area contributed by atoms with Gasteiger partial charge in [0.2, 0.25) is 0 Å². The number of benzene rings is 2. The Kier molecular flexibility index (Phi) is 5.54. The molecule has 0 saturated heterocycles. The van der Waals surface area contributed by atoms with Crippen molar-refractivity contribution in [2.75, 3.05) is 0 Å². The standard InChI is InChI=1S/C9H12.C6H4Cl2/c1-7-4-8(2)6-9(3)5-7;7-5-3-1-2-4-6(5)8/h4-6H,1-3H3;1-4H. The van der Waals surface area contributed by atoms with E-state index in [1.165, 1.54) is 16.7 Å². The molecule has 0 nitrogen and oxygen atoms in total. The molecule has 17 heavy (non-hydrogen) atoms. The number of hydrogen-bond donors (Lipinski definition) is 0. The second kappa shape index (κ2) is 6.68. The smallest absolute Gasteiger partial charge is 0.0592 e. The highest BCUT2D eigenvalue weighted by atomic mass is 35.5. The molecule has 2 heteroatoms. The molecule has 0 unspecified atom stereocenters. The first-order chi connectivity index (χ1) is 7.99. The Labute approximate surface area is 113 Å². The van der Waals surface area contributed by atoms with Gasteiger partial charge in [0.05, 0.1) is 10.0 Å². The maximum absolute atomic E-state index is 5.58. The average Bonchev–Trinajstić information content (AvgIpc) is 2.21. The molecule has 2 aromatic rings. The highest BCUT2D eigenvalue weighted by Crippen LogP contribution is 2.19. The Morgan fingerprint density at radius 2 is 0.941 bits per heavy atom. The molecular formula is C15H16Cl2. The van der Waals surface area contributed by atoms with E-state index >= 15 is 0 Å². The average molecular weight is 267 g/mol. The molecule has 0 amide bonds. The molecule has 0 fully saturated rings. The van der Waals surface area contributed by atoms with E-state index in [2.05, 4.69) is 39.0 Å². The first kappa shape index (κ1) is 14.1. The largest absolute Gasteiger partial charge is 0.0827 e. The van der Waals surface area contributed by atoms with Crippen LogP contribution in [0.2, 0.25) is 10.0 Å². The fourth-order valence-electron chi connectivity index (χ4n) is 1.64. The summed E-state index contributed by atoms with van der Waals surface area (Å²) < 4.78 is 0. The lowest BCUT2D eigenvalue weighted by Crippen LogP contribution is -1.78. The monoisotopic (exact) mass is 266 g/mol. The predicted molar refractivity (Wildman–Crippen MR) is 77.1 cm³/mol. The third-order valence-electron chi connectivity index (χ3n) is 2.19. The van der Waals surface area contributed by atoms with Gasteiger partial charge < -0.3 is 0 Å². The van der Waals surface area contributed by atoms with Crippen LogP contribution in [-0.2, 0) is 0 Å². The normalized spacial score (nSPS) is 9.47. The number of halogens is 2. The zero-order valence-corrected chi connectivity index (χ0v) is 11.8. The minimum Gasteiger partial charge on any atom is -0.0827 e. The molecular weight excluding hydrogens is 251 g/mol. The van der Waals surface area contributed by atoms with Crippen molar-refractivity contribution in [3.63, 3.8) is 0 Å². The molecule has 0 aliphatic rings. The van der Waals surface area contributed by atoms with E-state index in [0.717, 1.165) is 0 Å². The van der Waals surface area contributed by atoms with E-state index in [-0.39, 0.29) is 0 Å². The molecule has 0 heterocycles. The van der Waals surface area contributed by atoms with Gasteiger partial charge in [-0.2, -0.15) is 0 Å². The highest BCUT2D eigenvalue weighted by Gasteiger charge is 1.89. The van der Waals surface area contributed by atoms with Gasteiger partial charge in [-0.3, -0.25) is 0 Å². The second-order valence-corrected chi connectivity index (χ2v) is 4.89. The third kappa shape index (κ3) is 5.25. The van der Waals surface area contributed by atoms with Crippen LogP contribution in [-0.4, -0.2) is 0 Å².